The second kappa shape index (κ2) is 5.29. The molecule has 1 unspecified atom stereocenters. The highest BCUT2D eigenvalue weighted by atomic mass is 32.2. The highest BCUT2D eigenvalue weighted by Gasteiger charge is 2.50. The second-order valence-corrected chi connectivity index (χ2v) is 8.12. The second-order valence-electron chi connectivity index (χ2n) is 6.18. The van der Waals surface area contributed by atoms with E-state index in [-0.39, 0.29) is 16.0 Å². The van der Waals surface area contributed by atoms with Gasteiger partial charge in [0.05, 0.1) is 9.82 Å². The standard InChI is InChI=1S/C14H19N3O4S/c15-9-14(11-1-2-11)7-8-16(10-14)22(20,21)13-5-3-12(4-6-13)17(18)19/h3-6,11H,1-2,7-10,15H2. The van der Waals surface area contributed by atoms with Crippen molar-refractivity contribution in [3.05, 3.63) is 34.4 Å². The molecule has 22 heavy (non-hydrogen) atoms. The van der Waals surface area contributed by atoms with E-state index in [1.807, 2.05) is 0 Å². The van der Waals surface area contributed by atoms with Crippen molar-refractivity contribution >= 4 is 15.7 Å². The lowest BCUT2D eigenvalue weighted by Gasteiger charge is -2.27. The molecule has 1 aromatic carbocycles. The topological polar surface area (TPSA) is 107 Å². The molecule has 0 radical (unpaired) electrons. The van der Waals surface area contributed by atoms with Gasteiger partial charge in [0.1, 0.15) is 0 Å². The van der Waals surface area contributed by atoms with Crippen molar-refractivity contribution in [2.24, 2.45) is 17.1 Å². The number of rotatable bonds is 5. The van der Waals surface area contributed by atoms with Crippen LogP contribution in [0, 0.1) is 21.4 Å². The SMILES string of the molecule is NCC1(C2CC2)CCN(S(=O)(=O)c2ccc([N+](=O)[O-])cc2)C1. The lowest BCUT2D eigenvalue weighted by molar-refractivity contribution is -0.384. The average Bonchev–Trinajstić information content (AvgIpc) is 3.27. The van der Waals surface area contributed by atoms with E-state index in [0.29, 0.717) is 25.6 Å². The molecule has 0 bridgehead atoms. The van der Waals surface area contributed by atoms with Gasteiger partial charge in [0, 0.05) is 30.6 Å². The predicted molar refractivity (Wildman–Crippen MR) is 80.7 cm³/mol. The van der Waals surface area contributed by atoms with Crippen LogP contribution < -0.4 is 5.73 Å². The Balaban J connectivity index is 1.83. The number of sulfonamides is 1. The number of nitro groups is 1. The summed E-state index contributed by atoms with van der Waals surface area (Å²) in [6.45, 7) is 1.42. The third-order valence-electron chi connectivity index (χ3n) is 4.89. The van der Waals surface area contributed by atoms with E-state index >= 15 is 0 Å². The van der Waals surface area contributed by atoms with Crippen molar-refractivity contribution in [3.63, 3.8) is 0 Å². The first-order valence-electron chi connectivity index (χ1n) is 7.34. The Morgan fingerprint density at radius 3 is 2.45 bits per heavy atom. The highest BCUT2D eigenvalue weighted by molar-refractivity contribution is 7.89. The summed E-state index contributed by atoms with van der Waals surface area (Å²) in [5.74, 6) is 0.537. The van der Waals surface area contributed by atoms with E-state index < -0.39 is 14.9 Å². The summed E-state index contributed by atoms with van der Waals surface area (Å²) in [7, 11) is -3.61. The van der Waals surface area contributed by atoms with Crippen LogP contribution in [0.15, 0.2) is 29.2 Å². The Morgan fingerprint density at radius 1 is 1.32 bits per heavy atom. The molecule has 0 spiro atoms. The van der Waals surface area contributed by atoms with Crippen molar-refractivity contribution in [1.29, 1.82) is 0 Å². The van der Waals surface area contributed by atoms with Gasteiger partial charge >= 0.3 is 0 Å². The van der Waals surface area contributed by atoms with E-state index in [1.54, 1.807) is 0 Å². The van der Waals surface area contributed by atoms with Crippen LogP contribution in [0.1, 0.15) is 19.3 Å². The molecular formula is C14H19N3O4S. The Hall–Kier alpha value is -1.51. The zero-order valence-corrected chi connectivity index (χ0v) is 13.0. The molecule has 2 aliphatic rings. The van der Waals surface area contributed by atoms with Gasteiger partial charge in [0.2, 0.25) is 10.0 Å². The van der Waals surface area contributed by atoms with Gasteiger partial charge in [-0.15, -0.1) is 0 Å². The van der Waals surface area contributed by atoms with E-state index in [2.05, 4.69) is 0 Å². The van der Waals surface area contributed by atoms with Gasteiger partial charge in [-0.3, -0.25) is 10.1 Å². The van der Waals surface area contributed by atoms with Gasteiger partial charge in [-0.1, -0.05) is 0 Å². The van der Waals surface area contributed by atoms with E-state index in [4.69, 9.17) is 5.73 Å². The molecule has 7 nitrogen and oxygen atoms in total. The molecule has 0 amide bonds. The zero-order valence-electron chi connectivity index (χ0n) is 12.1. The van der Waals surface area contributed by atoms with E-state index in [1.165, 1.54) is 28.6 Å². The normalized spacial score (nSPS) is 26.2. The van der Waals surface area contributed by atoms with Crippen LogP contribution in [-0.4, -0.2) is 37.3 Å². The predicted octanol–water partition coefficient (Wildman–Crippen LogP) is 1.34. The van der Waals surface area contributed by atoms with Gasteiger partial charge in [-0.05, 0) is 43.9 Å². The number of hydrogen-bond donors (Lipinski definition) is 1. The molecule has 1 aliphatic heterocycles. The van der Waals surface area contributed by atoms with E-state index in [0.717, 1.165) is 19.3 Å². The number of non-ortho nitro benzene ring substituents is 1. The smallest absolute Gasteiger partial charge is 0.269 e. The number of hydrogen-bond acceptors (Lipinski definition) is 5. The van der Waals surface area contributed by atoms with Gasteiger partial charge in [0.25, 0.3) is 5.69 Å². The summed E-state index contributed by atoms with van der Waals surface area (Å²) in [6.07, 6.45) is 3.05. The molecule has 1 saturated heterocycles. The Morgan fingerprint density at radius 2 is 1.95 bits per heavy atom. The minimum atomic E-state index is -3.61. The van der Waals surface area contributed by atoms with Crippen molar-refractivity contribution in [2.45, 2.75) is 24.2 Å². The summed E-state index contributed by atoms with van der Waals surface area (Å²) in [5, 5.41) is 10.7. The molecule has 1 aliphatic carbocycles. The summed E-state index contributed by atoms with van der Waals surface area (Å²) < 4.78 is 26.8. The molecule has 120 valence electrons. The summed E-state index contributed by atoms with van der Waals surface area (Å²) in [4.78, 5) is 10.2. The Labute approximate surface area is 129 Å². The van der Waals surface area contributed by atoms with Crippen LogP contribution in [0.2, 0.25) is 0 Å². The monoisotopic (exact) mass is 325 g/mol. The van der Waals surface area contributed by atoms with Crippen LogP contribution in [0.3, 0.4) is 0 Å². The number of benzene rings is 1. The molecule has 2 fully saturated rings. The molecule has 3 rings (SSSR count). The molecule has 8 heteroatoms. The van der Waals surface area contributed by atoms with Crippen LogP contribution in [0.4, 0.5) is 5.69 Å². The van der Waals surface area contributed by atoms with Crippen LogP contribution in [0.5, 0.6) is 0 Å². The fraction of sp³-hybridized carbons (Fsp3) is 0.571. The first kappa shape index (κ1) is 15.4. The number of nitro benzene ring substituents is 1. The lowest BCUT2D eigenvalue weighted by Crippen LogP contribution is -2.38. The van der Waals surface area contributed by atoms with Crippen LogP contribution in [-0.2, 0) is 10.0 Å². The van der Waals surface area contributed by atoms with Crippen LogP contribution in [0.25, 0.3) is 0 Å². The minimum absolute atomic E-state index is 0.0894. The van der Waals surface area contributed by atoms with E-state index in [9.17, 15) is 18.5 Å². The minimum Gasteiger partial charge on any atom is -0.330 e. The van der Waals surface area contributed by atoms with Crippen molar-refractivity contribution in [2.75, 3.05) is 19.6 Å². The zero-order chi connectivity index (χ0) is 16.0. The first-order chi connectivity index (χ1) is 10.4. The molecular weight excluding hydrogens is 306 g/mol. The van der Waals surface area contributed by atoms with Gasteiger partial charge in [-0.2, -0.15) is 4.31 Å². The maximum atomic E-state index is 12.7. The average molecular weight is 325 g/mol. The van der Waals surface area contributed by atoms with Crippen molar-refractivity contribution in [3.8, 4) is 0 Å². The molecule has 1 aromatic rings. The van der Waals surface area contributed by atoms with Crippen molar-refractivity contribution < 1.29 is 13.3 Å². The van der Waals surface area contributed by atoms with Gasteiger partial charge < -0.3 is 5.73 Å². The van der Waals surface area contributed by atoms with Crippen molar-refractivity contribution in [1.82, 2.24) is 4.31 Å². The highest BCUT2D eigenvalue weighted by Crippen LogP contribution is 2.51. The van der Waals surface area contributed by atoms with Crippen LogP contribution >= 0.6 is 0 Å². The third-order valence-corrected chi connectivity index (χ3v) is 6.74. The molecule has 1 saturated carbocycles. The molecule has 2 N–H and O–H groups in total. The Kier molecular flexibility index (Phi) is 3.70. The molecule has 1 heterocycles. The summed E-state index contributed by atoms with van der Waals surface area (Å²) in [5.41, 5.74) is 5.71. The lowest BCUT2D eigenvalue weighted by atomic mass is 9.82. The fourth-order valence-electron chi connectivity index (χ4n) is 3.31. The largest absolute Gasteiger partial charge is 0.330 e. The first-order valence-corrected chi connectivity index (χ1v) is 8.78. The summed E-state index contributed by atoms with van der Waals surface area (Å²) in [6, 6.07) is 5.04. The molecule has 0 aromatic heterocycles. The summed E-state index contributed by atoms with van der Waals surface area (Å²) >= 11 is 0. The fourth-order valence-corrected chi connectivity index (χ4v) is 4.85. The number of nitrogens with two attached hydrogens (primary N) is 1. The van der Waals surface area contributed by atoms with Gasteiger partial charge in [0.15, 0.2) is 0 Å². The van der Waals surface area contributed by atoms with Gasteiger partial charge in [-0.25, -0.2) is 8.42 Å². The maximum Gasteiger partial charge on any atom is 0.269 e. The number of nitrogens with zero attached hydrogens (tertiary/aromatic N) is 2. The quantitative estimate of drug-likeness (QED) is 0.649. The Bertz CT molecular complexity index is 685. The molecule has 1 atom stereocenters. The maximum absolute atomic E-state index is 12.7. The third kappa shape index (κ3) is 2.51.